The number of halogens is 1. The van der Waals surface area contributed by atoms with Crippen molar-refractivity contribution in [1.82, 2.24) is 10.2 Å². The third-order valence-electron chi connectivity index (χ3n) is 3.82. The van der Waals surface area contributed by atoms with E-state index in [0.29, 0.717) is 18.0 Å². The molecule has 1 aromatic heterocycles. The van der Waals surface area contributed by atoms with Crippen LogP contribution < -0.4 is 5.32 Å². The van der Waals surface area contributed by atoms with Crippen LogP contribution >= 0.6 is 22.9 Å². The molecule has 2 heterocycles. The molecule has 0 saturated carbocycles. The van der Waals surface area contributed by atoms with Gasteiger partial charge >= 0.3 is 0 Å². The van der Waals surface area contributed by atoms with Gasteiger partial charge in [0.2, 0.25) is 0 Å². The van der Waals surface area contributed by atoms with Crippen LogP contribution in [-0.2, 0) is 0 Å². The SMILES string of the molecule is CC(C)C1CN(C(C)c2ccc(Cl)s2)CCCN1. The Morgan fingerprint density at radius 1 is 1.39 bits per heavy atom. The maximum absolute atomic E-state index is 6.04. The van der Waals surface area contributed by atoms with Gasteiger partial charge in [-0.25, -0.2) is 0 Å². The van der Waals surface area contributed by atoms with Crippen molar-refractivity contribution >= 4 is 22.9 Å². The lowest BCUT2D eigenvalue weighted by Crippen LogP contribution is -2.41. The maximum Gasteiger partial charge on any atom is 0.0931 e. The Bertz CT molecular complexity index is 378. The molecule has 1 aliphatic heterocycles. The van der Waals surface area contributed by atoms with E-state index in [0.717, 1.165) is 17.4 Å². The summed E-state index contributed by atoms with van der Waals surface area (Å²) >= 11 is 7.75. The van der Waals surface area contributed by atoms with Gasteiger partial charge in [0.15, 0.2) is 0 Å². The molecular formula is C14H23ClN2S. The molecule has 0 spiro atoms. The lowest BCUT2D eigenvalue weighted by atomic mass is 10.0. The molecule has 1 fully saturated rings. The third-order valence-corrected chi connectivity index (χ3v) is 5.22. The van der Waals surface area contributed by atoms with Gasteiger partial charge in [0.25, 0.3) is 0 Å². The molecule has 2 rings (SSSR count). The van der Waals surface area contributed by atoms with Crippen LogP contribution in [0.25, 0.3) is 0 Å². The number of thiophene rings is 1. The highest BCUT2D eigenvalue weighted by molar-refractivity contribution is 7.16. The second kappa shape index (κ2) is 6.38. The van der Waals surface area contributed by atoms with E-state index in [1.54, 1.807) is 11.3 Å². The zero-order chi connectivity index (χ0) is 13.1. The van der Waals surface area contributed by atoms with Crippen LogP contribution in [0.1, 0.15) is 38.1 Å². The van der Waals surface area contributed by atoms with Gasteiger partial charge in [0.05, 0.1) is 4.34 Å². The highest BCUT2D eigenvalue weighted by atomic mass is 35.5. The summed E-state index contributed by atoms with van der Waals surface area (Å²) in [6, 6.07) is 5.25. The van der Waals surface area contributed by atoms with Crippen molar-refractivity contribution in [3.63, 3.8) is 0 Å². The summed E-state index contributed by atoms with van der Waals surface area (Å²) in [5, 5.41) is 3.66. The fourth-order valence-electron chi connectivity index (χ4n) is 2.51. The Balaban J connectivity index is 2.06. The molecule has 2 atom stereocenters. The molecule has 1 saturated heterocycles. The van der Waals surface area contributed by atoms with Gasteiger partial charge in [-0.05, 0) is 37.9 Å². The van der Waals surface area contributed by atoms with E-state index in [9.17, 15) is 0 Å². The average Bonchev–Trinajstić information content (AvgIpc) is 2.63. The highest BCUT2D eigenvalue weighted by Crippen LogP contribution is 2.31. The Morgan fingerprint density at radius 2 is 2.17 bits per heavy atom. The van der Waals surface area contributed by atoms with Crippen molar-refractivity contribution in [2.24, 2.45) is 5.92 Å². The van der Waals surface area contributed by atoms with Crippen molar-refractivity contribution in [3.8, 4) is 0 Å². The third kappa shape index (κ3) is 3.47. The first-order valence-electron chi connectivity index (χ1n) is 6.80. The van der Waals surface area contributed by atoms with Crippen LogP contribution in [0.3, 0.4) is 0 Å². The number of nitrogens with one attached hydrogen (secondary N) is 1. The van der Waals surface area contributed by atoms with E-state index >= 15 is 0 Å². The fourth-order valence-corrected chi connectivity index (χ4v) is 3.66. The molecule has 0 aliphatic carbocycles. The monoisotopic (exact) mass is 286 g/mol. The minimum absolute atomic E-state index is 0.476. The maximum atomic E-state index is 6.04. The zero-order valence-corrected chi connectivity index (χ0v) is 13.0. The molecular weight excluding hydrogens is 264 g/mol. The van der Waals surface area contributed by atoms with Crippen LogP contribution in [0, 0.1) is 5.92 Å². The van der Waals surface area contributed by atoms with Crippen molar-refractivity contribution < 1.29 is 0 Å². The molecule has 2 unspecified atom stereocenters. The Kier molecular flexibility index (Phi) is 5.07. The van der Waals surface area contributed by atoms with Gasteiger partial charge < -0.3 is 5.32 Å². The van der Waals surface area contributed by atoms with E-state index in [-0.39, 0.29) is 0 Å². The first kappa shape index (κ1) is 14.3. The summed E-state index contributed by atoms with van der Waals surface area (Å²) in [4.78, 5) is 3.97. The number of hydrogen-bond acceptors (Lipinski definition) is 3. The van der Waals surface area contributed by atoms with Crippen LogP contribution in [0.5, 0.6) is 0 Å². The first-order valence-corrected chi connectivity index (χ1v) is 8.00. The molecule has 0 aromatic carbocycles. The molecule has 0 bridgehead atoms. The minimum Gasteiger partial charge on any atom is -0.312 e. The summed E-state index contributed by atoms with van der Waals surface area (Å²) in [7, 11) is 0. The minimum atomic E-state index is 0.476. The predicted molar refractivity (Wildman–Crippen MR) is 80.6 cm³/mol. The van der Waals surface area contributed by atoms with Gasteiger partial charge in [-0.2, -0.15) is 0 Å². The van der Waals surface area contributed by atoms with Gasteiger partial charge in [0, 0.05) is 30.1 Å². The molecule has 2 nitrogen and oxygen atoms in total. The van der Waals surface area contributed by atoms with E-state index in [4.69, 9.17) is 11.6 Å². The van der Waals surface area contributed by atoms with Crippen LogP contribution in [0.15, 0.2) is 12.1 Å². The van der Waals surface area contributed by atoms with E-state index in [1.165, 1.54) is 17.8 Å². The zero-order valence-electron chi connectivity index (χ0n) is 11.4. The van der Waals surface area contributed by atoms with Crippen LogP contribution in [0.2, 0.25) is 4.34 Å². The summed E-state index contributed by atoms with van der Waals surface area (Å²) in [5.41, 5.74) is 0. The summed E-state index contributed by atoms with van der Waals surface area (Å²) in [6.45, 7) is 10.3. The average molecular weight is 287 g/mol. The summed E-state index contributed by atoms with van der Waals surface area (Å²) in [6.07, 6.45) is 1.23. The first-order chi connectivity index (χ1) is 8.58. The Labute approximate surface area is 119 Å². The van der Waals surface area contributed by atoms with Gasteiger partial charge in [0.1, 0.15) is 0 Å². The Morgan fingerprint density at radius 3 is 2.78 bits per heavy atom. The molecule has 102 valence electrons. The smallest absolute Gasteiger partial charge is 0.0931 e. The topological polar surface area (TPSA) is 15.3 Å². The highest BCUT2D eigenvalue weighted by Gasteiger charge is 2.24. The second-order valence-corrected chi connectivity index (χ2v) is 7.22. The Hall–Kier alpha value is -0.0900. The predicted octanol–water partition coefficient (Wildman–Crippen LogP) is 3.78. The van der Waals surface area contributed by atoms with E-state index in [2.05, 4.69) is 37.1 Å². The molecule has 0 amide bonds. The summed E-state index contributed by atoms with van der Waals surface area (Å²) < 4.78 is 0.894. The van der Waals surface area contributed by atoms with E-state index in [1.807, 2.05) is 6.07 Å². The standard InChI is InChI=1S/C14H23ClN2S/c1-10(2)12-9-17(8-4-7-16-12)11(3)13-5-6-14(15)18-13/h5-6,10-12,16H,4,7-9H2,1-3H3. The molecule has 18 heavy (non-hydrogen) atoms. The van der Waals surface area contributed by atoms with Crippen LogP contribution in [0.4, 0.5) is 0 Å². The molecule has 1 aromatic rings. The van der Waals surface area contributed by atoms with Gasteiger partial charge in [-0.15, -0.1) is 11.3 Å². The molecule has 4 heteroatoms. The lowest BCUT2D eigenvalue weighted by Gasteiger charge is -2.31. The van der Waals surface area contributed by atoms with Crippen molar-refractivity contribution in [3.05, 3.63) is 21.3 Å². The van der Waals surface area contributed by atoms with E-state index < -0.39 is 0 Å². The molecule has 1 aliphatic rings. The number of hydrogen-bond donors (Lipinski definition) is 1. The normalized spacial score (nSPS) is 24.2. The van der Waals surface area contributed by atoms with Crippen LogP contribution in [-0.4, -0.2) is 30.6 Å². The largest absolute Gasteiger partial charge is 0.312 e. The van der Waals surface area contributed by atoms with Gasteiger partial charge in [-0.1, -0.05) is 25.4 Å². The van der Waals surface area contributed by atoms with Crippen molar-refractivity contribution in [2.45, 2.75) is 39.3 Å². The fraction of sp³-hybridized carbons (Fsp3) is 0.714. The van der Waals surface area contributed by atoms with Crippen molar-refractivity contribution in [2.75, 3.05) is 19.6 Å². The molecule has 1 N–H and O–H groups in total. The summed E-state index contributed by atoms with van der Waals surface area (Å²) in [5.74, 6) is 0.685. The van der Waals surface area contributed by atoms with Gasteiger partial charge in [-0.3, -0.25) is 4.90 Å². The lowest BCUT2D eigenvalue weighted by molar-refractivity contribution is 0.195. The quantitative estimate of drug-likeness (QED) is 0.910. The number of rotatable bonds is 3. The second-order valence-electron chi connectivity index (χ2n) is 5.47. The van der Waals surface area contributed by atoms with Crippen molar-refractivity contribution in [1.29, 1.82) is 0 Å². The molecule has 0 radical (unpaired) electrons. The number of nitrogens with zero attached hydrogens (tertiary/aromatic N) is 1.